The van der Waals surface area contributed by atoms with E-state index in [1.165, 1.54) is 17.0 Å². The van der Waals surface area contributed by atoms with E-state index in [-0.39, 0.29) is 55.4 Å². The van der Waals surface area contributed by atoms with Crippen LogP contribution in [0.1, 0.15) is 68.5 Å². The molecule has 1 heterocycles. The smallest absolute Gasteiger partial charge is 0.247 e. The van der Waals surface area contributed by atoms with Crippen molar-refractivity contribution in [3.05, 3.63) is 89.9 Å². The number of hydrogen-bond donors (Lipinski definition) is 2. The van der Waals surface area contributed by atoms with Gasteiger partial charge in [-0.15, -0.1) is 0 Å². The third kappa shape index (κ3) is 8.86. The number of anilines is 1. The van der Waals surface area contributed by atoms with Crippen LogP contribution in [0.2, 0.25) is 0 Å². The van der Waals surface area contributed by atoms with Crippen LogP contribution in [0.25, 0.3) is 0 Å². The second-order valence-corrected chi connectivity index (χ2v) is 10.3. The van der Waals surface area contributed by atoms with Gasteiger partial charge in [-0.3, -0.25) is 14.4 Å². The van der Waals surface area contributed by atoms with Crippen LogP contribution in [0, 0.1) is 5.82 Å². The van der Waals surface area contributed by atoms with Crippen LogP contribution >= 0.6 is 0 Å². The van der Waals surface area contributed by atoms with E-state index in [1.807, 2.05) is 0 Å². The highest BCUT2D eigenvalue weighted by molar-refractivity contribution is 5.91. The minimum absolute atomic E-state index is 0.0510. The lowest BCUT2D eigenvalue weighted by atomic mass is 9.94. The SMILES string of the molecule is COc1ccc([C@@H](C(=O)NC2CCCCC2)N(Cc2ccc(F)cc2)C(=O)CCCC(=O)Nc2ccccn2)cc1. The van der Waals surface area contributed by atoms with Crippen molar-refractivity contribution in [1.29, 1.82) is 0 Å². The number of methoxy groups -OCH3 is 1. The van der Waals surface area contributed by atoms with Gasteiger partial charge in [0, 0.05) is 31.6 Å². The quantitative estimate of drug-likeness (QED) is 0.302. The lowest BCUT2D eigenvalue weighted by Crippen LogP contribution is -2.46. The number of benzene rings is 2. The predicted octanol–water partition coefficient (Wildman–Crippen LogP) is 5.56. The molecule has 0 radical (unpaired) electrons. The van der Waals surface area contributed by atoms with Crippen LogP contribution < -0.4 is 15.4 Å². The molecular formula is C32H37FN4O4. The highest BCUT2D eigenvalue weighted by Crippen LogP contribution is 2.28. The molecule has 0 spiro atoms. The lowest BCUT2D eigenvalue weighted by molar-refractivity contribution is -0.142. The Morgan fingerprint density at radius 1 is 0.976 bits per heavy atom. The lowest BCUT2D eigenvalue weighted by Gasteiger charge is -2.33. The average molecular weight is 561 g/mol. The number of carbonyl (C=O) groups excluding carboxylic acids is 3. The number of nitrogens with one attached hydrogen (secondary N) is 2. The van der Waals surface area contributed by atoms with Crippen LogP contribution in [0.5, 0.6) is 5.75 Å². The minimum atomic E-state index is -0.914. The summed E-state index contributed by atoms with van der Waals surface area (Å²) < 4.78 is 19.0. The van der Waals surface area contributed by atoms with E-state index in [1.54, 1.807) is 67.9 Å². The molecule has 0 aliphatic heterocycles. The molecule has 1 atom stereocenters. The molecule has 3 aromatic rings. The Morgan fingerprint density at radius 2 is 1.71 bits per heavy atom. The second kappa shape index (κ2) is 14.9. The van der Waals surface area contributed by atoms with E-state index in [0.29, 0.717) is 22.7 Å². The molecule has 0 saturated heterocycles. The summed E-state index contributed by atoms with van der Waals surface area (Å²) in [6, 6.07) is 17.4. The van der Waals surface area contributed by atoms with E-state index >= 15 is 0 Å². The van der Waals surface area contributed by atoms with Crippen molar-refractivity contribution in [1.82, 2.24) is 15.2 Å². The monoisotopic (exact) mass is 560 g/mol. The van der Waals surface area contributed by atoms with Crippen LogP contribution in [0.15, 0.2) is 72.9 Å². The summed E-state index contributed by atoms with van der Waals surface area (Å²) in [5.41, 5.74) is 1.33. The molecule has 1 aliphatic carbocycles. The van der Waals surface area contributed by atoms with Crippen molar-refractivity contribution in [2.24, 2.45) is 0 Å². The van der Waals surface area contributed by atoms with Crippen LogP contribution in [-0.4, -0.2) is 40.8 Å². The summed E-state index contributed by atoms with van der Waals surface area (Å²) in [6.45, 7) is 0.105. The molecule has 8 nitrogen and oxygen atoms in total. The van der Waals surface area contributed by atoms with Crippen LogP contribution in [0.3, 0.4) is 0 Å². The molecular weight excluding hydrogens is 523 g/mol. The van der Waals surface area contributed by atoms with E-state index in [0.717, 1.165) is 32.1 Å². The summed E-state index contributed by atoms with van der Waals surface area (Å²) in [6.07, 6.45) is 7.11. The van der Waals surface area contributed by atoms with Gasteiger partial charge in [0.2, 0.25) is 17.7 Å². The first kappa shape index (κ1) is 29.7. The zero-order valence-electron chi connectivity index (χ0n) is 23.4. The molecule has 1 fully saturated rings. The number of halogens is 1. The number of hydrogen-bond acceptors (Lipinski definition) is 5. The summed E-state index contributed by atoms with van der Waals surface area (Å²) in [5, 5.41) is 5.91. The average Bonchev–Trinajstić information content (AvgIpc) is 2.99. The van der Waals surface area contributed by atoms with Gasteiger partial charge in [-0.2, -0.15) is 0 Å². The summed E-state index contributed by atoms with van der Waals surface area (Å²) in [5.74, 6) is -0.0862. The Hall–Kier alpha value is -4.27. The van der Waals surface area contributed by atoms with Gasteiger partial charge in [0.15, 0.2) is 0 Å². The van der Waals surface area contributed by atoms with Gasteiger partial charge < -0.3 is 20.3 Å². The Morgan fingerprint density at radius 3 is 2.37 bits per heavy atom. The fourth-order valence-electron chi connectivity index (χ4n) is 5.08. The molecule has 41 heavy (non-hydrogen) atoms. The number of amides is 3. The molecule has 4 rings (SSSR count). The molecule has 9 heteroatoms. The third-order valence-electron chi connectivity index (χ3n) is 7.26. The topological polar surface area (TPSA) is 101 Å². The van der Waals surface area contributed by atoms with Crippen molar-refractivity contribution in [3.63, 3.8) is 0 Å². The molecule has 1 aliphatic rings. The number of nitrogens with zero attached hydrogens (tertiary/aromatic N) is 2. The van der Waals surface area contributed by atoms with Gasteiger partial charge in [-0.05, 0) is 66.8 Å². The van der Waals surface area contributed by atoms with Crippen molar-refractivity contribution < 1.29 is 23.5 Å². The zero-order valence-corrected chi connectivity index (χ0v) is 23.4. The maximum atomic E-state index is 13.9. The Balaban J connectivity index is 1.55. The molecule has 3 amide bonds. The first-order valence-corrected chi connectivity index (χ1v) is 14.1. The summed E-state index contributed by atoms with van der Waals surface area (Å²) >= 11 is 0. The van der Waals surface area contributed by atoms with Gasteiger partial charge in [0.05, 0.1) is 7.11 Å². The van der Waals surface area contributed by atoms with Gasteiger partial charge in [-0.1, -0.05) is 49.6 Å². The second-order valence-electron chi connectivity index (χ2n) is 10.3. The highest BCUT2D eigenvalue weighted by Gasteiger charge is 2.33. The van der Waals surface area contributed by atoms with Gasteiger partial charge in [0.25, 0.3) is 0 Å². The Bertz CT molecular complexity index is 1280. The van der Waals surface area contributed by atoms with E-state index in [4.69, 9.17) is 4.74 Å². The van der Waals surface area contributed by atoms with Gasteiger partial charge in [-0.25, -0.2) is 9.37 Å². The summed E-state index contributed by atoms with van der Waals surface area (Å²) in [7, 11) is 1.57. The summed E-state index contributed by atoms with van der Waals surface area (Å²) in [4.78, 5) is 45.7. The normalized spacial score (nSPS) is 14.1. The first-order chi connectivity index (χ1) is 19.9. The predicted molar refractivity (Wildman–Crippen MR) is 154 cm³/mol. The maximum absolute atomic E-state index is 13.9. The highest BCUT2D eigenvalue weighted by atomic mass is 19.1. The van der Waals surface area contributed by atoms with Crippen LogP contribution in [0.4, 0.5) is 10.2 Å². The van der Waals surface area contributed by atoms with Crippen molar-refractivity contribution in [2.75, 3.05) is 12.4 Å². The first-order valence-electron chi connectivity index (χ1n) is 14.1. The largest absolute Gasteiger partial charge is 0.497 e. The van der Waals surface area contributed by atoms with Gasteiger partial charge >= 0.3 is 0 Å². The Labute approximate surface area is 240 Å². The Kier molecular flexibility index (Phi) is 10.8. The van der Waals surface area contributed by atoms with Crippen LogP contribution in [-0.2, 0) is 20.9 Å². The standard InChI is InChI=1S/C32H37FN4O4/c1-41-27-19-15-24(16-20-27)31(32(40)35-26-8-3-2-4-9-26)37(22-23-13-17-25(33)18-14-23)30(39)12-7-11-29(38)36-28-10-5-6-21-34-28/h5-6,10,13-21,26,31H,2-4,7-9,11-12,22H2,1H3,(H,35,40)(H,34,36,38)/t31-/m0/s1. The molecule has 1 aromatic heterocycles. The fraction of sp³-hybridized carbons (Fsp3) is 0.375. The number of aromatic nitrogens is 1. The van der Waals surface area contributed by atoms with E-state index in [2.05, 4.69) is 15.6 Å². The molecule has 1 saturated carbocycles. The molecule has 0 bridgehead atoms. The fourth-order valence-corrected chi connectivity index (χ4v) is 5.08. The van der Waals surface area contributed by atoms with Crippen molar-refractivity contribution in [2.45, 2.75) is 70.0 Å². The van der Waals surface area contributed by atoms with E-state index in [9.17, 15) is 18.8 Å². The van der Waals surface area contributed by atoms with Crippen molar-refractivity contribution >= 4 is 23.5 Å². The van der Waals surface area contributed by atoms with E-state index < -0.39 is 6.04 Å². The molecule has 2 N–H and O–H groups in total. The van der Waals surface area contributed by atoms with Crippen molar-refractivity contribution in [3.8, 4) is 5.75 Å². The molecule has 216 valence electrons. The van der Waals surface area contributed by atoms with Gasteiger partial charge in [0.1, 0.15) is 23.4 Å². The third-order valence-corrected chi connectivity index (χ3v) is 7.26. The maximum Gasteiger partial charge on any atom is 0.247 e. The number of rotatable bonds is 12. The minimum Gasteiger partial charge on any atom is -0.497 e. The number of ether oxygens (including phenoxy) is 1. The number of pyridine rings is 1. The molecule has 0 unspecified atom stereocenters. The molecule has 2 aromatic carbocycles. The number of carbonyl (C=O) groups is 3. The zero-order chi connectivity index (χ0) is 29.0.